The predicted molar refractivity (Wildman–Crippen MR) is 106 cm³/mol. The largest absolute Gasteiger partial charge is 0.479 e. The summed E-state index contributed by atoms with van der Waals surface area (Å²) in [5.41, 5.74) is 0.690. The number of aromatic nitrogens is 2. The van der Waals surface area contributed by atoms with Gasteiger partial charge in [-0.05, 0) is 57.5 Å². The number of benzene rings is 1. The molecule has 2 aromatic heterocycles. The number of hydrogen-bond donors (Lipinski definition) is 1. The molecule has 0 aliphatic carbocycles. The Kier molecular flexibility index (Phi) is 5.53. The zero-order valence-electron chi connectivity index (χ0n) is 15.3. The Bertz CT molecular complexity index is 1040. The van der Waals surface area contributed by atoms with Crippen molar-refractivity contribution < 1.29 is 14.3 Å². The second-order valence-electron chi connectivity index (χ2n) is 6.21. The molecule has 6 nitrogen and oxygen atoms in total. The second-order valence-corrected chi connectivity index (χ2v) is 7.85. The molecule has 0 aliphatic rings. The Hall–Kier alpha value is -2.38. The normalized spacial score (nSPS) is 13.4. The molecule has 142 valence electrons. The molecule has 0 fully saturated rings. The Labute approximate surface area is 165 Å². The molecule has 3 aromatic rings. The number of nitrogens with zero attached hydrogens (tertiary/aromatic N) is 1. The Morgan fingerprint density at radius 1 is 1.22 bits per heavy atom. The molecule has 1 N–H and O–H groups in total. The van der Waals surface area contributed by atoms with E-state index in [1.165, 1.54) is 11.3 Å². The molecular weight excluding hydrogens is 388 g/mol. The molecule has 0 amide bonds. The van der Waals surface area contributed by atoms with Crippen LogP contribution < -0.4 is 10.3 Å². The number of aromatic amines is 1. The maximum Gasteiger partial charge on any atom is 0.347 e. The number of nitrogens with one attached hydrogen (secondary N) is 1. The smallest absolute Gasteiger partial charge is 0.347 e. The zero-order valence-corrected chi connectivity index (χ0v) is 16.9. The Morgan fingerprint density at radius 2 is 1.89 bits per heavy atom. The molecule has 0 aliphatic heterocycles. The fraction of sp³-hybridized carbons (Fsp3) is 0.316. The molecule has 0 bridgehead atoms. The van der Waals surface area contributed by atoms with Gasteiger partial charge in [-0.15, -0.1) is 11.3 Å². The average Bonchev–Trinajstić information content (AvgIpc) is 2.91. The number of rotatable bonds is 5. The number of fused-ring (bicyclic) bond motifs is 1. The maximum atomic E-state index is 12.4. The summed E-state index contributed by atoms with van der Waals surface area (Å²) in [6, 6.07) is 6.69. The van der Waals surface area contributed by atoms with Crippen LogP contribution >= 0.6 is 22.9 Å². The average molecular weight is 407 g/mol. The van der Waals surface area contributed by atoms with Crippen molar-refractivity contribution in [3.63, 3.8) is 0 Å². The maximum absolute atomic E-state index is 12.4. The van der Waals surface area contributed by atoms with E-state index < -0.39 is 18.2 Å². The summed E-state index contributed by atoms with van der Waals surface area (Å²) < 4.78 is 11.0. The van der Waals surface area contributed by atoms with Crippen molar-refractivity contribution in [2.24, 2.45) is 0 Å². The van der Waals surface area contributed by atoms with Crippen molar-refractivity contribution >= 4 is 39.1 Å². The van der Waals surface area contributed by atoms with Gasteiger partial charge in [0, 0.05) is 9.90 Å². The van der Waals surface area contributed by atoms with Gasteiger partial charge in [0.1, 0.15) is 10.6 Å². The third kappa shape index (κ3) is 4.14. The van der Waals surface area contributed by atoms with Crippen LogP contribution in [0.5, 0.6) is 5.75 Å². The Morgan fingerprint density at radius 3 is 2.56 bits per heavy atom. The zero-order chi connectivity index (χ0) is 19.7. The minimum Gasteiger partial charge on any atom is -0.479 e. The summed E-state index contributed by atoms with van der Waals surface area (Å²) in [4.78, 5) is 33.5. The Balaban J connectivity index is 1.73. The molecule has 0 unspecified atom stereocenters. The quantitative estimate of drug-likeness (QED) is 0.638. The highest BCUT2D eigenvalue weighted by Gasteiger charge is 2.22. The van der Waals surface area contributed by atoms with Gasteiger partial charge < -0.3 is 14.5 Å². The van der Waals surface area contributed by atoms with Gasteiger partial charge in [0.25, 0.3) is 5.56 Å². The van der Waals surface area contributed by atoms with Crippen molar-refractivity contribution in [3.05, 3.63) is 55.9 Å². The number of thiophene rings is 1. The standard InChI is InChI=1S/C19H19ClN2O4S/c1-9-12(4)27-18-15(9)17(23)21-16(22-18)10(2)26-19(24)11(3)25-14-7-5-13(20)6-8-14/h5-8,10-11H,1-4H3,(H,21,22,23)/t10-,11-/m0/s1. The number of hydrogen-bond acceptors (Lipinski definition) is 6. The van der Waals surface area contributed by atoms with E-state index >= 15 is 0 Å². The molecule has 0 radical (unpaired) electrons. The number of halogens is 1. The van der Waals surface area contributed by atoms with Crippen LogP contribution in [0.1, 0.15) is 36.2 Å². The van der Waals surface area contributed by atoms with Crippen molar-refractivity contribution in [1.29, 1.82) is 0 Å². The van der Waals surface area contributed by atoms with Gasteiger partial charge in [0.15, 0.2) is 18.0 Å². The number of carbonyl (C=O) groups excluding carboxylic acids is 1. The summed E-state index contributed by atoms with van der Waals surface area (Å²) in [6.45, 7) is 7.09. The summed E-state index contributed by atoms with van der Waals surface area (Å²) in [7, 11) is 0. The lowest BCUT2D eigenvalue weighted by Crippen LogP contribution is -2.28. The molecule has 0 saturated heterocycles. The lowest BCUT2D eigenvalue weighted by molar-refractivity contribution is -0.156. The van der Waals surface area contributed by atoms with Gasteiger partial charge in [-0.3, -0.25) is 4.79 Å². The van der Waals surface area contributed by atoms with E-state index in [0.29, 0.717) is 26.8 Å². The van der Waals surface area contributed by atoms with Crippen LogP contribution in [0.2, 0.25) is 5.02 Å². The molecule has 0 spiro atoms. The number of esters is 1. The minimum absolute atomic E-state index is 0.231. The molecule has 1 aromatic carbocycles. The van der Waals surface area contributed by atoms with E-state index in [4.69, 9.17) is 21.1 Å². The van der Waals surface area contributed by atoms with E-state index in [9.17, 15) is 9.59 Å². The van der Waals surface area contributed by atoms with Crippen molar-refractivity contribution in [1.82, 2.24) is 9.97 Å². The van der Waals surface area contributed by atoms with E-state index in [0.717, 1.165) is 10.4 Å². The lowest BCUT2D eigenvalue weighted by Gasteiger charge is -2.17. The first-order chi connectivity index (χ1) is 12.8. The van der Waals surface area contributed by atoms with Gasteiger partial charge in [-0.1, -0.05) is 11.6 Å². The van der Waals surface area contributed by atoms with Crippen molar-refractivity contribution in [3.8, 4) is 5.75 Å². The third-order valence-corrected chi connectivity index (χ3v) is 5.55. The summed E-state index contributed by atoms with van der Waals surface area (Å²) in [6.07, 6.45) is -1.54. The number of carbonyl (C=O) groups is 1. The highest BCUT2D eigenvalue weighted by atomic mass is 35.5. The fourth-order valence-electron chi connectivity index (χ4n) is 2.56. The van der Waals surface area contributed by atoms with Crippen LogP contribution in [0.3, 0.4) is 0 Å². The molecule has 3 rings (SSSR count). The van der Waals surface area contributed by atoms with E-state index in [1.54, 1.807) is 38.1 Å². The fourth-order valence-corrected chi connectivity index (χ4v) is 3.72. The van der Waals surface area contributed by atoms with Crippen molar-refractivity contribution in [2.75, 3.05) is 0 Å². The predicted octanol–water partition coefficient (Wildman–Crippen LogP) is 4.33. The molecular formula is C19H19ClN2O4S. The topological polar surface area (TPSA) is 81.3 Å². The highest BCUT2D eigenvalue weighted by Crippen LogP contribution is 2.27. The van der Waals surface area contributed by atoms with Crippen LogP contribution in [0.4, 0.5) is 0 Å². The SMILES string of the molecule is Cc1sc2nc([C@H](C)OC(=O)[C@H](C)Oc3ccc(Cl)cc3)[nH]c(=O)c2c1C. The first-order valence-electron chi connectivity index (χ1n) is 8.39. The number of aryl methyl sites for hydroxylation is 2. The molecule has 2 atom stereocenters. The van der Waals surface area contributed by atoms with Gasteiger partial charge in [0.05, 0.1) is 5.39 Å². The first-order valence-corrected chi connectivity index (χ1v) is 9.58. The van der Waals surface area contributed by atoms with Crippen LogP contribution in [0.25, 0.3) is 10.2 Å². The third-order valence-electron chi connectivity index (χ3n) is 4.19. The van der Waals surface area contributed by atoms with Crippen LogP contribution in [0.15, 0.2) is 29.1 Å². The molecule has 27 heavy (non-hydrogen) atoms. The second kappa shape index (κ2) is 7.70. The highest BCUT2D eigenvalue weighted by molar-refractivity contribution is 7.18. The molecule has 0 saturated carbocycles. The van der Waals surface area contributed by atoms with Crippen LogP contribution in [-0.4, -0.2) is 22.0 Å². The summed E-state index contributed by atoms with van der Waals surface area (Å²) in [5, 5.41) is 1.16. The minimum atomic E-state index is -0.824. The first kappa shape index (κ1) is 19.4. The lowest BCUT2D eigenvalue weighted by atomic mass is 10.2. The molecule has 2 heterocycles. The number of H-pyrrole nitrogens is 1. The van der Waals surface area contributed by atoms with Crippen LogP contribution in [-0.2, 0) is 9.53 Å². The van der Waals surface area contributed by atoms with E-state index in [1.807, 2.05) is 13.8 Å². The summed E-state index contributed by atoms with van der Waals surface area (Å²) in [5.74, 6) is 0.258. The van der Waals surface area contributed by atoms with Gasteiger partial charge in [-0.2, -0.15) is 0 Å². The van der Waals surface area contributed by atoms with Crippen LogP contribution in [0, 0.1) is 13.8 Å². The summed E-state index contributed by atoms with van der Waals surface area (Å²) >= 11 is 7.28. The van der Waals surface area contributed by atoms with Gasteiger partial charge in [0.2, 0.25) is 0 Å². The van der Waals surface area contributed by atoms with E-state index in [-0.39, 0.29) is 5.56 Å². The van der Waals surface area contributed by atoms with E-state index in [2.05, 4.69) is 9.97 Å². The number of ether oxygens (including phenoxy) is 2. The van der Waals surface area contributed by atoms with Gasteiger partial charge >= 0.3 is 5.97 Å². The van der Waals surface area contributed by atoms with Crippen molar-refractivity contribution in [2.45, 2.75) is 39.9 Å². The van der Waals surface area contributed by atoms with Gasteiger partial charge in [-0.25, -0.2) is 9.78 Å². The molecule has 8 heteroatoms. The monoisotopic (exact) mass is 406 g/mol.